The second-order valence-corrected chi connectivity index (χ2v) is 9.77. The Hall–Kier alpha value is -2.12. The first-order valence-corrected chi connectivity index (χ1v) is 11.9. The lowest BCUT2D eigenvalue weighted by atomic mass is 9.84. The monoisotopic (exact) mass is 507 g/mol. The molecule has 9 heteroatoms. The van der Waals surface area contributed by atoms with Gasteiger partial charge in [0.15, 0.2) is 0 Å². The average Bonchev–Trinajstić information content (AvgIpc) is 3.26. The Morgan fingerprint density at radius 3 is 2.42 bits per heavy atom. The first-order chi connectivity index (χ1) is 15.7. The van der Waals surface area contributed by atoms with Crippen LogP contribution in [0.1, 0.15) is 34.7 Å². The zero-order valence-corrected chi connectivity index (χ0v) is 20.3. The van der Waals surface area contributed by atoms with E-state index in [2.05, 4.69) is 5.32 Å². The minimum absolute atomic E-state index is 0.0394. The summed E-state index contributed by atoms with van der Waals surface area (Å²) < 4.78 is 0. The number of piperidine rings is 1. The lowest BCUT2D eigenvalue weighted by molar-refractivity contribution is -0.135. The molecule has 0 saturated carbocycles. The second kappa shape index (κ2) is 10.0. The number of rotatable bonds is 4. The molecule has 0 radical (unpaired) electrons. The van der Waals surface area contributed by atoms with Crippen LogP contribution < -0.4 is 5.32 Å². The van der Waals surface area contributed by atoms with E-state index in [0.717, 1.165) is 5.56 Å². The third-order valence-corrected chi connectivity index (χ3v) is 7.44. The second-order valence-electron chi connectivity index (χ2n) is 8.52. The molecule has 0 aliphatic carbocycles. The van der Waals surface area contributed by atoms with Crippen LogP contribution in [-0.4, -0.2) is 66.2 Å². The summed E-state index contributed by atoms with van der Waals surface area (Å²) >= 11 is 18.4. The number of benzene rings is 2. The highest BCUT2D eigenvalue weighted by Crippen LogP contribution is 2.35. The van der Waals surface area contributed by atoms with Crippen molar-refractivity contribution in [3.05, 3.63) is 68.7 Å². The number of likely N-dealkylation sites (N-methyl/N-ethyl adjacent to an activating group) is 1. The van der Waals surface area contributed by atoms with Crippen molar-refractivity contribution in [3.8, 4) is 0 Å². The maximum Gasteiger partial charge on any atom is 0.253 e. The molecule has 0 unspecified atom stereocenters. The minimum atomic E-state index is -0.489. The Labute approximate surface area is 207 Å². The molecule has 2 aliphatic rings. The van der Waals surface area contributed by atoms with E-state index in [4.69, 9.17) is 34.8 Å². The van der Waals surface area contributed by atoms with E-state index >= 15 is 0 Å². The molecule has 2 saturated heterocycles. The molecular weight excluding hydrogens is 485 g/mol. The molecule has 4 rings (SSSR count). The fourth-order valence-corrected chi connectivity index (χ4v) is 5.06. The number of likely N-dealkylation sites (tertiary alicyclic amines) is 1. The number of Topliss-reactive ketones (excluding diaryl/α,β-unsaturated/α-hetero) is 1. The van der Waals surface area contributed by atoms with Gasteiger partial charge in [0.2, 0.25) is 5.91 Å². The third-order valence-electron chi connectivity index (χ3n) is 6.44. The molecule has 2 aromatic carbocycles. The van der Waals surface area contributed by atoms with E-state index in [1.165, 1.54) is 0 Å². The van der Waals surface area contributed by atoms with Gasteiger partial charge < -0.3 is 9.80 Å². The number of carbonyl (C=O) groups is 3. The maximum absolute atomic E-state index is 13.2. The standard InChI is InChI=1S/C24H24Cl3N3O3/c1-29(23(32)14-2-5-16(25)6-3-14)22-8-9-30(24(33)21-11-17(31)12-28-21)13-18(22)15-4-7-19(26)20(27)10-15/h2-7,10,18,21-22,28H,8-9,11-13H2,1H3/t18-,21+,22+/m0/s1. The van der Waals surface area contributed by atoms with Crippen LogP contribution in [0, 0.1) is 0 Å². The van der Waals surface area contributed by atoms with Gasteiger partial charge in [0.25, 0.3) is 5.91 Å². The van der Waals surface area contributed by atoms with Crippen molar-refractivity contribution in [1.29, 1.82) is 0 Å². The highest BCUT2D eigenvalue weighted by Gasteiger charge is 2.39. The summed E-state index contributed by atoms with van der Waals surface area (Å²) in [7, 11) is 1.78. The van der Waals surface area contributed by atoms with Crippen LogP contribution in [0.15, 0.2) is 42.5 Å². The van der Waals surface area contributed by atoms with Crippen molar-refractivity contribution in [2.75, 3.05) is 26.7 Å². The van der Waals surface area contributed by atoms with Gasteiger partial charge in [-0.05, 0) is 48.4 Å². The van der Waals surface area contributed by atoms with Crippen LogP contribution in [0.3, 0.4) is 0 Å². The smallest absolute Gasteiger partial charge is 0.253 e. The predicted molar refractivity (Wildman–Crippen MR) is 129 cm³/mol. The quantitative estimate of drug-likeness (QED) is 0.677. The van der Waals surface area contributed by atoms with Crippen molar-refractivity contribution in [2.45, 2.75) is 30.8 Å². The third kappa shape index (κ3) is 5.19. The molecule has 0 aromatic heterocycles. The number of nitrogens with one attached hydrogen (secondary N) is 1. The largest absolute Gasteiger partial charge is 0.341 e. The summed E-state index contributed by atoms with van der Waals surface area (Å²) in [5.74, 6) is -0.339. The molecule has 33 heavy (non-hydrogen) atoms. The number of halogens is 3. The number of hydrogen-bond donors (Lipinski definition) is 1. The fraction of sp³-hybridized carbons (Fsp3) is 0.375. The Morgan fingerprint density at radius 2 is 1.79 bits per heavy atom. The molecule has 0 bridgehead atoms. The van der Waals surface area contributed by atoms with Gasteiger partial charge in [0, 0.05) is 49.1 Å². The summed E-state index contributed by atoms with van der Waals surface area (Å²) in [5.41, 5.74) is 1.44. The Morgan fingerprint density at radius 1 is 1.06 bits per heavy atom. The molecule has 2 aliphatic heterocycles. The first-order valence-electron chi connectivity index (χ1n) is 10.8. The zero-order chi connectivity index (χ0) is 23.7. The number of amides is 2. The molecule has 2 heterocycles. The Bertz CT molecular complexity index is 1080. The molecule has 2 aromatic rings. The van der Waals surface area contributed by atoms with Gasteiger partial charge >= 0.3 is 0 Å². The van der Waals surface area contributed by atoms with Crippen LogP contribution >= 0.6 is 34.8 Å². The highest BCUT2D eigenvalue weighted by atomic mass is 35.5. The normalized spacial score (nSPS) is 23.0. The van der Waals surface area contributed by atoms with Crippen LogP contribution in [0.5, 0.6) is 0 Å². The molecule has 3 atom stereocenters. The maximum atomic E-state index is 13.2. The van der Waals surface area contributed by atoms with Crippen LogP contribution in [0.25, 0.3) is 0 Å². The lowest BCUT2D eigenvalue weighted by Gasteiger charge is -2.43. The van der Waals surface area contributed by atoms with E-state index in [0.29, 0.717) is 40.1 Å². The molecule has 2 fully saturated rings. The van der Waals surface area contributed by atoms with Gasteiger partial charge in [-0.25, -0.2) is 0 Å². The van der Waals surface area contributed by atoms with Crippen molar-refractivity contribution in [1.82, 2.24) is 15.1 Å². The van der Waals surface area contributed by atoms with Crippen molar-refractivity contribution >= 4 is 52.4 Å². The summed E-state index contributed by atoms with van der Waals surface area (Å²) in [5, 5.41) is 4.43. The van der Waals surface area contributed by atoms with Gasteiger partial charge in [0.1, 0.15) is 5.78 Å². The van der Waals surface area contributed by atoms with Gasteiger partial charge in [-0.15, -0.1) is 0 Å². The molecular formula is C24H24Cl3N3O3. The molecule has 2 amide bonds. The SMILES string of the molecule is CN(C(=O)c1ccc(Cl)cc1)[C@@H]1CCN(C(=O)[C@H]2CC(=O)CN2)C[C@H]1c1ccc(Cl)c(Cl)c1. The van der Waals surface area contributed by atoms with Gasteiger partial charge in [-0.2, -0.15) is 0 Å². The molecule has 6 nitrogen and oxygen atoms in total. The Balaban J connectivity index is 1.60. The molecule has 1 N–H and O–H groups in total. The van der Waals surface area contributed by atoms with Crippen molar-refractivity contribution < 1.29 is 14.4 Å². The summed E-state index contributed by atoms with van der Waals surface area (Å²) in [6.45, 7) is 1.12. The van der Waals surface area contributed by atoms with Crippen LogP contribution in [0.4, 0.5) is 0 Å². The van der Waals surface area contributed by atoms with Crippen LogP contribution in [0.2, 0.25) is 15.1 Å². The van der Waals surface area contributed by atoms with E-state index in [-0.39, 0.29) is 42.5 Å². The van der Waals surface area contributed by atoms with E-state index in [1.807, 2.05) is 6.07 Å². The summed E-state index contributed by atoms with van der Waals surface area (Å²) in [6, 6.07) is 11.6. The topological polar surface area (TPSA) is 69.7 Å². The number of hydrogen-bond acceptors (Lipinski definition) is 4. The summed E-state index contributed by atoms with van der Waals surface area (Å²) in [6.07, 6.45) is 0.804. The number of ketones is 1. The zero-order valence-electron chi connectivity index (χ0n) is 18.1. The molecule has 174 valence electrons. The van der Waals surface area contributed by atoms with E-state index in [9.17, 15) is 14.4 Å². The minimum Gasteiger partial charge on any atom is -0.341 e. The van der Waals surface area contributed by atoms with Crippen molar-refractivity contribution in [3.63, 3.8) is 0 Å². The number of carbonyl (C=O) groups excluding carboxylic acids is 3. The average molecular weight is 509 g/mol. The van der Waals surface area contributed by atoms with E-state index < -0.39 is 6.04 Å². The van der Waals surface area contributed by atoms with Gasteiger partial charge in [0.05, 0.1) is 22.6 Å². The fourth-order valence-electron chi connectivity index (χ4n) is 4.62. The van der Waals surface area contributed by atoms with Gasteiger partial charge in [-0.3, -0.25) is 19.7 Å². The lowest BCUT2D eigenvalue weighted by Crippen LogP contribution is -2.54. The van der Waals surface area contributed by atoms with Crippen LogP contribution in [-0.2, 0) is 9.59 Å². The predicted octanol–water partition coefficient (Wildman–Crippen LogP) is 4.03. The Kier molecular flexibility index (Phi) is 7.29. The van der Waals surface area contributed by atoms with Gasteiger partial charge in [-0.1, -0.05) is 40.9 Å². The highest BCUT2D eigenvalue weighted by molar-refractivity contribution is 6.42. The first kappa shape index (κ1) is 24.0. The summed E-state index contributed by atoms with van der Waals surface area (Å²) in [4.78, 5) is 41.5. The number of nitrogens with zero attached hydrogens (tertiary/aromatic N) is 2. The van der Waals surface area contributed by atoms with E-state index in [1.54, 1.807) is 53.2 Å². The molecule has 0 spiro atoms. The van der Waals surface area contributed by atoms with Crippen molar-refractivity contribution in [2.24, 2.45) is 0 Å².